The van der Waals surface area contributed by atoms with Gasteiger partial charge in [0.1, 0.15) is 42.3 Å². The number of aromatic nitrogens is 1. The van der Waals surface area contributed by atoms with E-state index in [4.69, 9.17) is 17.2 Å². The van der Waals surface area contributed by atoms with Crippen LogP contribution in [0.4, 0.5) is 0 Å². The van der Waals surface area contributed by atoms with Crippen LogP contribution in [0.15, 0.2) is 35.5 Å². The Labute approximate surface area is 406 Å². The summed E-state index contributed by atoms with van der Waals surface area (Å²) in [5.41, 5.74) is 18.0. The number of amides is 7. The number of hydrogen-bond donors (Lipinski definition) is 14. The number of aliphatic hydroxyl groups is 1. The lowest BCUT2D eigenvalue weighted by molar-refractivity contribution is -0.142. The summed E-state index contributed by atoms with van der Waals surface area (Å²) in [6, 6.07) is -2.85. The number of carbonyl (C=O) groups excluding carboxylic acids is 7. The fraction of sp³-hybridized carbons (Fsp3) is 0.614. The Kier molecular flexibility index (Phi) is 25.2. The molecule has 0 bridgehead atoms. The molecule has 0 unspecified atom stereocenters. The normalized spacial score (nSPS) is 15.7. The third-order valence-electron chi connectivity index (χ3n) is 11.0. The molecule has 0 aliphatic rings. The van der Waals surface area contributed by atoms with Gasteiger partial charge in [0.25, 0.3) is 0 Å². The van der Waals surface area contributed by atoms with Crippen LogP contribution in [-0.4, -0.2) is 147 Å². The number of para-hydroxylation sites is 1. The van der Waals surface area contributed by atoms with Gasteiger partial charge in [0.05, 0.1) is 12.1 Å². The lowest BCUT2D eigenvalue weighted by atomic mass is 9.96. The molecule has 380 valence electrons. The molecular formula is C44H72N12O10S2. The number of benzene rings is 1. The SMILES string of the molecule is CC[C@H](C)[C@H](NC(=O)[C@H](CS)NC(=O)[C@@H](NC(=O)[C@H](C)NC(=O)[C@@H](N)CCSC)[C@@H](C)O)C(=O)N[C@@H](Cc1c[nH]c2ccccc12)C(=O)N[C@@H](CC(C)C)C(=O)N[C@@H](CCCN=C(N)N)C(=O)O. The summed E-state index contributed by atoms with van der Waals surface area (Å²) in [5.74, 6) is -7.30. The number of carboxylic acids is 1. The molecule has 0 aliphatic heterocycles. The van der Waals surface area contributed by atoms with Crippen molar-refractivity contribution >= 4 is 88.6 Å². The largest absolute Gasteiger partial charge is 0.480 e. The average molecular weight is 993 g/mol. The maximum absolute atomic E-state index is 14.4. The highest BCUT2D eigenvalue weighted by Crippen LogP contribution is 2.20. The number of aliphatic hydroxyl groups excluding tert-OH is 1. The Morgan fingerprint density at radius 3 is 1.91 bits per heavy atom. The van der Waals surface area contributed by atoms with E-state index in [0.29, 0.717) is 24.2 Å². The monoisotopic (exact) mass is 992 g/mol. The minimum Gasteiger partial charge on any atom is -0.480 e. The summed E-state index contributed by atoms with van der Waals surface area (Å²) >= 11 is 5.76. The van der Waals surface area contributed by atoms with Crippen LogP contribution in [0.2, 0.25) is 0 Å². The van der Waals surface area contributed by atoms with Gasteiger partial charge in [-0.1, -0.05) is 52.3 Å². The second kappa shape index (κ2) is 29.3. The number of nitrogens with one attached hydrogen (secondary N) is 8. The molecule has 2 aromatic rings. The molecular weight excluding hydrogens is 921 g/mol. The minimum atomic E-state index is -1.58. The van der Waals surface area contributed by atoms with E-state index in [1.54, 1.807) is 26.1 Å². The molecule has 0 spiro atoms. The second-order valence-corrected chi connectivity index (χ2v) is 18.5. The number of guanidine groups is 1. The molecule has 16 N–H and O–H groups in total. The first-order chi connectivity index (χ1) is 32.0. The summed E-state index contributed by atoms with van der Waals surface area (Å²) < 4.78 is 0. The lowest BCUT2D eigenvalue weighted by Gasteiger charge is -2.30. The zero-order chi connectivity index (χ0) is 51.2. The molecule has 2 rings (SSSR count). The molecule has 1 aromatic heterocycles. The Morgan fingerprint density at radius 2 is 1.32 bits per heavy atom. The molecule has 0 radical (unpaired) electrons. The summed E-state index contributed by atoms with van der Waals surface area (Å²) in [4.78, 5) is 114. The summed E-state index contributed by atoms with van der Waals surface area (Å²) in [5, 5.41) is 39.2. The molecule has 1 heterocycles. The van der Waals surface area contributed by atoms with Gasteiger partial charge >= 0.3 is 5.97 Å². The van der Waals surface area contributed by atoms with E-state index < -0.39 is 108 Å². The number of thioether (sulfide) groups is 1. The van der Waals surface area contributed by atoms with Crippen molar-refractivity contribution in [3.8, 4) is 0 Å². The highest BCUT2D eigenvalue weighted by molar-refractivity contribution is 7.98. The standard InChI is InChI=1S/C44H72N12O10S2/c1-8-23(4)34(55-40(62)33(21-67)54-42(64)35(25(6)57)56-36(58)24(5)50-37(59)28(45)15-17-68-7)41(63)53-32(19-26-20-49-29-13-10-9-12-27(26)29)39(61)52-31(18-22(2)3)38(60)51-30(43(65)66)14-11-16-48-44(46)47/h9-10,12-13,20,22-25,28,30-35,49,57,67H,8,11,14-19,21,45H2,1-7H3,(H,50,59)(H,51,60)(H,52,61)(H,53,63)(H,54,64)(H,55,62)(H,56,58)(H,65,66)(H4,46,47,48)/t23-,24-,25+,28-,30-,31-,32-,33-,34-,35-/m0/s1. The predicted molar refractivity (Wildman–Crippen MR) is 264 cm³/mol. The van der Waals surface area contributed by atoms with Gasteiger partial charge in [0, 0.05) is 35.8 Å². The van der Waals surface area contributed by atoms with E-state index in [0.717, 1.165) is 10.9 Å². The Morgan fingerprint density at radius 1 is 0.750 bits per heavy atom. The van der Waals surface area contributed by atoms with Crippen LogP contribution in [-0.2, 0) is 44.8 Å². The van der Waals surface area contributed by atoms with Crippen molar-refractivity contribution < 1.29 is 48.6 Å². The molecule has 68 heavy (non-hydrogen) atoms. The Balaban J connectivity index is 2.37. The van der Waals surface area contributed by atoms with Gasteiger partial charge < -0.3 is 69.6 Å². The fourth-order valence-electron chi connectivity index (χ4n) is 6.86. The third-order valence-corrected chi connectivity index (χ3v) is 12.0. The molecule has 22 nitrogen and oxygen atoms in total. The van der Waals surface area contributed by atoms with Crippen LogP contribution >= 0.6 is 24.4 Å². The zero-order valence-corrected chi connectivity index (χ0v) is 41.5. The molecule has 0 aliphatic carbocycles. The van der Waals surface area contributed by atoms with Crippen molar-refractivity contribution in [2.45, 2.75) is 135 Å². The van der Waals surface area contributed by atoms with Crippen molar-refractivity contribution in [2.24, 2.45) is 34.0 Å². The average Bonchev–Trinajstić information content (AvgIpc) is 3.69. The van der Waals surface area contributed by atoms with Crippen molar-refractivity contribution in [2.75, 3.05) is 24.3 Å². The first-order valence-corrected chi connectivity index (χ1v) is 24.6. The Hall–Kier alpha value is -5.59. The number of H-pyrrole nitrogens is 1. The van der Waals surface area contributed by atoms with Crippen molar-refractivity contribution in [3.63, 3.8) is 0 Å². The van der Waals surface area contributed by atoms with Crippen molar-refractivity contribution in [1.29, 1.82) is 0 Å². The maximum Gasteiger partial charge on any atom is 0.326 e. The van der Waals surface area contributed by atoms with Crippen LogP contribution < -0.4 is 54.4 Å². The van der Waals surface area contributed by atoms with Crippen LogP contribution in [0.1, 0.15) is 79.2 Å². The van der Waals surface area contributed by atoms with E-state index in [2.05, 4.69) is 59.8 Å². The zero-order valence-electron chi connectivity index (χ0n) is 39.8. The number of hydrogen-bond acceptors (Lipinski definition) is 13. The number of rotatable bonds is 30. The highest BCUT2D eigenvalue weighted by Gasteiger charge is 2.36. The van der Waals surface area contributed by atoms with Crippen molar-refractivity contribution in [3.05, 3.63) is 36.0 Å². The molecule has 24 heteroatoms. The van der Waals surface area contributed by atoms with Gasteiger partial charge in [0.2, 0.25) is 41.4 Å². The first-order valence-electron chi connectivity index (χ1n) is 22.5. The van der Waals surface area contributed by atoms with Gasteiger partial charge in [-0.05, 0) is 75.0 Å². The topological polar surface area (TPSA) is 367 Å². The van der Waals surface area contributed by atoms with E-state index in [9.17, 15) is 48.6 Å². The van der Waals surface area contributed by atoms with Crippen molar-refractivity contribution in [1.82, 2.24) is 42.2 Å². The lowest BCUT2D eigenvalue weighted by Crippen LogP contribution is -2.62. The Bertz CT molecular complexity index is 2050. The van der Waals surface area contributed by atoms with Gasteiger partial charge in [-0.2, -0.15) is 24.4 Å². The van der Waals surface area contributed by atoms with E-state index in [-0.39, 0.29) is 49.9 Å². The first kappa shape index (κ1) is 58.5. The van der Waals surface area contributed by atoms with Crippen LogP contribution in [0.5, 0.6) is 0 Å². The van der Waals surface area contributed by atoms with E-state index in [1.807, 2.05) is 38.3 Å². The fourth-order valence-corrected chi connectivity index (χ4v) is 7.60. The number of fused-ring (bicyclic) bond motifs is 1. The number of aliphatic carboxylic acids is 1. The number of aromatic amines is 1. The number of carboxylic acid groups (broad SMARTS) is 1. The smallest absolute Gasteiger partial charge is 0.326 e. The number of nitrogens with zero attached hydrogens (tertiary/aromatic N) is 1. The number of nitrogens with two attached hydrogens (primary N) is 3. The summed E-state index contributed by atoms with van der Waals surface area (Å²) in [6.45, 7) is 9.87. The van der Waals surface area contributed by atoms with Gasteiger partial charge in [-0.3, -0.25) is 38.6 Å². The van der Waals surface area contributed by atoms with Gasteiger partial charge in [-0.15, -0.1) is 0 Å². The molecule has 0 fully saturated rings. The van der Waals surface area contributed by atoms with E-state index in [1.165, 1.54) is 25.6 Å². The summed E-state index contributed by atoms with van der Waals surface area (Å²) in [7, 11) is 0. The third kappa shape index (κ3) is 19.2. The number of aliphatic imine (C=N–C) groups is 1. The van der Waals surface area contributed by atoms with Gasteiger partial charge in [-0.25, -0.2) is 4.79 Å². The van der Waals surface area contributed by atoms with Crippen LogP contribution in [0.25, 0.3) is 10.9 Å². The number of carbonyl (C=O) groups is 8. The van der Waals surface area contributed by atoms with Crippen LogP contribution in [0, 0.1) is 11.8 Å². The molecule has 7 amide bonds. The molecule has 0 saturated heterocycles. The summed E-state index contributed by atoms with van der Waals surface area (Å²) in [6.07, 6.45) is 3.10. The minimum absolute atomic E-state index is 0.00740. The van der Waals surface area contributed by atoms with Crippen LogP contribution in [0.3, 0.4) is 0 Å². The predicted octanol–water partition coefficient (Wildman–Crippen LogP) is -1.25. The maximum atomic E-state index is 14.4. The highest BCUT2D eigenvalue weighted by atomic mass is 32.2. The molecule has 10 atom stereocenters. The second-order valence-electron chi connectivity index (χ2n) is 17.1. The molecule has 1 aromatic carbocycles. The molecule has 0 saturated carbocycles. The number of thiol groups is 1. The van der Waals surface area contributed by atoms with Gasteiger partial charge in [0.15, 0.2) is 5.96 Å². The quantitative estimate of drug-likeness (QED) is 0.0188. The van der Waals surface area contributed by atoms with E-state index >= 15 is 0 Å².